The van der Waals surface area contributed by atoms with Gasteiger partial charge in [-0.2, -0.15) is 0 Å². The monoisotopic (exact) mass is 468 g/mol. The summed E-state index contributed by atoms with van der Waals surface area (Å²) in [5.74, 6) is 0.523. The second-order valence-corrected chi connectivity index (χ2v) is 8.31. The molecular formula is C22H50Cl2N6. The van der Waals surface area contributed by atoms with E-state index in [1.54, 1.807) is 0 Å². The highest BCUT2D eigenvalue weighted by Gasteiger charge is 2.32. The number of unbranched alkanes of at least 4 members (excludes halogenated alkanes) is 9. The summed E-state index contributed by atoms with van der Waals surface area (Å²) in [7, 11) is 0. The number of nitrogens with two attached hydrogens (primary N) is 3. The summed E-state index contributed by atoms with van der Waals surface area (Å²) < 4.78 is 0. The van der Waals surface area contributed by atoms with Crippen molar-refractivity contribution in [3.8, 4) is 0 Å². The summed E-state index contributed by atoms with van der Waals surface area (Å²) in [5, 5.41) is 10.9. The van der Waals surface area contributed by atoms with Gasteiger partial charge in [0.25, 0.3) is 0 Å². The Morgan fingerprint density at radius 2 is 1.33 bits per heavy atom. The van der Waals surface area contributed by atoms with E-state index in [9.17, 15) is 0 Å². The van der Waals surface area contributed by atoms with Crippen LogP contribution in [-0.2, 0) is 0 Å². The van der Waals surface area contributed by atoms with Crippen molar-refractivity contribution in [1.29, 1.82) is 5.41 Å². The van der Waals surface area contributed by atoms with E-state index in [4.69, 9.17) is 22.6 Å². The van der Waals surface area contributed by atoms with Crippen molar-refractivity contribution >= 4 is 36.7 Å². The molecule has 182 valence electrons. The van der Waals surface area contributed by atoms with Crippen LogP contribution in [0.25, 0.3) is 0 Å². The first-order valence-corrected chi connectivity index (χ1v) is 11.6. The number of halogens is 2. The van der Waals surface area contributed by atoms with Crippen LogP contribution in [0.3, 0.4) is 0 Å². The highest BCUT2D eigenvalue weighted by Crippen LogP contribution is 2.30. The molecule has 0 aliphatic rings. The zero-order chi connectivity index (χ0) is 21.3. The smallest absolute Gasteiger partial charge is 0.188 e. The Hall–Kier alpha value is -0.880. The van der Waals surface area contributed by atoms with Crippen LogP contribution in [0, 0.1) is 11.3 Å². The minimum Gasteiger partial charge on any atom is -0.370 e. The van der Waals surface area contributed by atoms with E-state index in [-0.39, 0.29) is 36.7 Å². The second kappa shape index (κ2) is 21.4. The van der Waals surface area contributed by atoms with E-state index in [1.807, 2.05) is 0 Å². The lowest BCUT2D eigenvalue weighted by Gasteiger charge is -2.34. The van der Waals surface area contributed by atoms with E-state index >= 15 is 0 Å². The quantitative estimate of drug-likeness (QED) is 0.0986. The molecule has 2 unspecified atom stereocenters. The Morgan fingerprint density at radius 1 is 0.833 bits per heavy atom. The Morgan fingerprint density at radius 3 is 1.77 bits per heavy atom. The summed E-state index contributed by atoms with van der Waals surface area (Å²) >= 11 is 0. The molecule has 0 aromatic carbocycles. The van der Waals surface area contributed by atoms with E-state index in [0.29, 0.717) is 5.92 Å². The first-order chi connectivity index (χ1) is 13.4. The minimum atomic E-state index is -0.653. The average molecular weight is 470 g/mol. The summed E-state index contributed by atoms with van der Waals surface area (Å²) in [6.45, 7) is 6.68. The van der Waals surface area contributed by atoms with Gasteiger partial charge in [0.05, 0.1) is 0 Å². The van der Waals surface area contributed by atoms with Crippen molar-refractivity contribution in [1.82, 2.24) is 5.32 Å². The maximum absolute atomic E-state index is 7.78. The molecule has 0 aromatic rings. The third kappa shape index (κ3) is 17.9. The van der Waals surface area contributed by atoms with E-state index in [1.165, 1.54) is 64.2 Å². The fraction of sp³-hybridized carbons (Fsp3) is 0.909. The normalized spacial score (nSPS) is 13.3. The molecule has 0 saturated carbocycles. The first-order valence-electron chi connectivity index (χ1n) is 11.6. The van der Waals surface area contributed by atoms with Crippen molar-refractivity contribution in [2.24, 2.45) is 28.1 Å². The molecular weight excluding hydrogens is 419 g/mol. The molecule has 0 fully saturated rings. The van der Waals surface area contributed by atoms with Crippen LogP contribution in [-0.4, -0.2) is 17.6 Å². The Bertz CT molecular complexity index is 430. The maximum atomic E-state index is 7.78. The second-order valence-electron chi connectivity index (χ2n) is 8.31. The van der Waals surface area contributed by atoms with Crippen molar-refractivity contribution < 1.29 is 0 Å². The molecule has 6 nitrogen and oxygen atoms in total. The third-order valence-electron chi connectivity index (χ3n) is 5.57. The van der Waals surface area contributed by atoms with Gasteiger partial charge in [-0.15, -0.1) is 24.8 Å². The summed E-state index contributed by atoms with van der Waals surface area (Å²) in [5.41, 5.74) is 16.6. The summed E-state index contributed by atoms with van der Waals surface area (Å²) in [4.78, 5) is 4.55. The van der Waals surface area contributed by atoms with E-state index < -0.39 is 5.66 Å². The topological polar surface area (TPSA) is 126 Å². The summed E-state index contributed by atoms with van der Waals surface area (Å²) in [6.07, 6.45) is 17.7. The predicted molar refractivity (Wildman–Crippen MR) is 138 cm³/mol. The lowest BCUT2D eigenvalue weighted by atomic mass is 9.85. The number of nitrogens with zero attached hydrogens (tertiary/aromatic N) is 1. The summed E-state index contributed by atoms with van der Waals surface area (Å²) in [6, 6.07) is 0. The van der Waals surface area contributed by atoms with Crippen molar-refractivity contribution in [2.45, 2.75) is 123 Å². The number of aliphatic imine (C=N–C) groups is 1. The van der Waals surface area contributed by atoms with Gasteiger partial charge in [-0.1, -0.05) is 97.8 Å². The fourth-order valence-electron chi connectivity index (χ4n) is 3.99. The molecule has 8 N–H and O–H groups in total. The number of rotatable bonds is 18. The lowest BCUT2D eigenvalue weighted by Crippen LogP contribution is -2.52. The molecule has 0 radical (unpaired) electrons. The van der Waals surface area contributed by atoms with Crippen molar-refractivity contribution in [3.05, 3.63) is 0 Å². The number of guanidine groups is 2. The molecule has 0 spiro atoms. The number of hydrogen-bond acceptors (Lipinski definition) is 2. The molecule has 0 aromatic heterocycles. The van der Waals surface area contributed by atoms with Gasteiger partial charge in [-0.3, -0.25) is 5.41 Å². The largest absolute Gasteiger partial charge is 0.370 e. The fourth-order valence-corrected chi connectivity index (χ4v) is 3.99. The molecule has 0 aliphatic carbocycles. The van der Waals surface area contributed by atoms with Crippen molar-refractivity contribution in [3.63, 3.8) is 0 Å². The SMILES string of the molecule is CCCCCCCCCCCC(CC(CC)CCCC)(N=C(N)N)NC(=N)N.Cl.Cl. The van der Waals surface area contributed by atoms with Crippen LogP contribution in [0.5, 0.6) is 0 Å². The van der Waals surface area contributed by atoms with Crippen LogP contribution in [0.1, 0.15) is 117 Å². The first kappa shape index (κ1) is 33.8. The zero-order valence-corrected chi connectivity index (χ0v) is 21.3. The van der Waals surface area contributed by atoms with Gasteiger partial charge in [0.2, 0.25) is 0 Å². The molecule has 0 amide bonds. The molecule has 8 heteroatoms. The third-order valence-corrected chi connectivity index (χ3v) is 5.57. The molecule has 0 rings (SSSR count). The van der Waals surface area contributed by atoms with E-state index in [2.05, 4.69) is 31.1 Å². The average Bonchev–Trinajstić information content (AvgIpc) is 2.62. The van der Waals surface area contributed by atoms with Crippen molar-refractivity contribution in [2.75, 3.05) is 0 Å². The molecule has 0 heterocycles. The highest BCUT2D eigenvalue weighted by molar-refractivity contribution is 5.85. The lowest BCUT2D eigenvalue weighted by molar-refractivity contribution is 0.253. The van der Waals surface area contributed by atoms with Crippen LogP contribution < -0.4 is 22.5 Å². The van der Waals surface area contributed by atoms with Gasteiger partial charge in [0.15, 0.2) is 11.9 Å². The van der Waals surface area contributed by atoms with Gasteiger partial charge in [-0.25, -0.2) is 4.99 Å². The predicted octanol–water partition coefficient (Wildman–Crippen LogP) is 5.81. The molecule has 2 atom stereocenters. The molecule has 0 bridgehead atoms. The van der Waals surface area contributed by atoms with Gasteiger partial charge < -0.3 is 22.5 Å². The van der Waals surface area contributed by atoms with Crippen LogP contribution >= 0.6 is 24.8 Å². The van der Waals surface area contributed by atoms with Gasteiger partial charge in [0.1, 0.15) is 5.66 Å². The molecule has 0 aliphatic heterocycles. The molecule has 0 saturated heterocycles. The maximum Gasteiger partial charge on any atom is 0.188 e. The van der Waals surface area contributed by atoms with Gasteiger partial charge in [-0.05, 0) is 25.2 Å². The number of hydrogen-bond donors (Lipinski definition) is 5. The zero-order valence-electron chi connectivity index (χ0n) is 19.7. The van der Waals surface area contributed by atoms with Gasteiger partial charge >= 0.3 is 0 Å². The molecule has 30 heavy (non-hydrogen) atoms. The number of nitrogens with one attached hydrogen (secondary N) is 2. The highest BCUT2D eigenvalue weighted by atomic mass is 35.5. The standard InChI is InChI=1S/C22H48N6.2ClH/c1-4-7-9-10-11-12-13-14-15-17-22(27-20(23)24,28-21(25)26)18-19(6-3)16-8-5-2;;/h19H,4-18H2,1-3H3,(H4,23,24,27)(H4,25,26,28);2*1H. The van der Waals surface area contributed by atoms with Gasteiger partial charge in [0, 0.05) is 0 Å². The minimum absolute atomic E-state index is 0. The van der Waals surface area contributed by atoms with Crippen LogP contribution in [0.15, 0.2) is 4.99 Å². The van der Waals surface area contributed by atoms with Crippen LogP contribution in [0.2, 0.25) is 0 Å². The van der Waals surface area contributed by atoms with Crippen LogP contribution in [0.4, 0.5) is 0 Å². The Balaban J connectivity index is -0.00000364. The Kier molecular flexibility index (Phi) is 24.0. The van der Waals surface area contributed by atoms with E-state index in [0.717, 1.165) is 32.1 Å². The Labute approximate surface area is 198 Å².